The van der Waals surface area contributed by atoms with Crippen LogP contribution in [-0.4, -0.2) is 78.0 Å². The van der Waals surface area contributed by atoms with Gasteiger partial charge in [0.05, 0.1) is 30.5 Å². The van der Waals surface area contributed by atoms with Gasteiger partial charge in [0, 0.05) is 72.4 Å². The number of thiophene rings is 1. The van der Waals surface area contributed by atoms with Crippen molar-refractivity contribution in [3.05, 3.63) is 59.6 Å². The van der Waals surface area contributed by atoms with Gasteiger partial charge in [-0.25, -0.2) is 13.8 Å². The van der Waals surface area contributed by atoms with Crippen LogP contribution >= 0.6 is 11.3 Å². The second kappa shape index (κ2) is 11.5. The third-order valence-electron chi connectivity index (χ3n) is 9.12. The number of hydrogen-bond acceptors (Lipinski definition) is 8. The Bertz CT molecular complexity index is 1810. The minimum atomic E-state index is -0.779. The Morgan fingerprint density at radius 2 is 1.98 bits per heavy atom. The fourth-order valence-corrected chi connectivity index (χ4v) is 7.81. The minimum Gasteiger partial charge on any atom is -0.490 e. The van der Waals surface area contributed by atoms with Crippen LogP contribution < -0.4 is 15.0 Å². The summed E-state index contributed by atoms with van der Waals surface area (Å²) in [6.45, 7) is 8.28. The summed E-state index contributed by atoms with van der Waals surface area (Å²) in [7, 11) is 1.52. The van der Waals surface area contributed by atoms with Crippen LogP contribution in [-0.2, 0) is 20.9 Å². The molecule has 0 radical (unpaired) electrons. The van der Waals surface area contributed by atoms with Gasteiger partial charge in [0.1, 0.15) is 41.2 Å². The second-order valence-electron chi connectivity index (χ2n) is 11.6. The van der Waals surface area contributed by atoms with Crippen molar-refractivity contribution in [1.82, 2.24) is 25.0 Å². The number of pyridine rings is 1. The van der Waals surface area contributed by atoms with E-state index in [2.05, 4.69) is 16.8 Å². The van der Waals surface area contributed by atoms with Gasteiger partial charge in [-0.1, -0.05) is 6.58 Å². The smallest absolute Gasteiger partial charge is 0.246 e. The molecule has 3 aliphatic rings. The van der Waals surface area contributed by atoms with E-state index in [1.165, 1.54) is 30.6 Å². The number of halogens is 2. The molecule has 4 aromatic rings. The van der Waals surface area contributed by atoms with Crippen LogP contribution in [0.25, 0.3) is 32.6 Å². The lowest BCUT2D eigenvalue weighted by molar-refractivity contribution is -0.129. The molecule has 3 aromatic heterocycles. The van der Waals surface area contributed by atoms with Crippen molar-refractivity contribution in [1.29, 1.82) is 0 Å². The van der Waals surface area contributed by atoms with Crippen LogP contribution in [0.4, 0.5) is 14.6 Å². The number of rotatable bonds is 10. The van der Waals surface area contributed by atoms with Gasteiger partial charge in [-0.3, -0.25) is 14.3 Å². The Labute approximate surface area is 262 Å². The number of nitrogens with one attached hydrogen (secondary N) is 1. The van der Waals surface area contributed by atoms with E-state index in [-0.39, 0.29) is 42.5 Å². The molecule has 0 bridgehead atoms. The Kier molecular flexibility index (Phi) is 7.52. The highest BCUT2D eigenvalue weighted by Gasteiger charge is 2.56. The first-order valence-corrected chi connectivity index (χ1v) is 15.7. The van der Waals surface area contributed by atoms with Crippen molar-refractivity contribution in [3.8, 4) is 28.3 Å². The first kappa shape index (κ1) is 29.4. The summed E-state index contributed by atoms with van der Waals surface area (Å²) in [5.74, 6) is -0.256. The molecule has 13 heteroatoms. The molecule has 7 rings (SSSR count). The zero-order chi connectivity index (χ0) is 31.4. The van der Waals surface area contributed by atoms with Gasteiger partial charge in [0.15, 0.2) is 0 Å². The summed E-state index contributed by atoms with van der Waals surface area (Å²) >= 11 is 1.44. The van der Waals surface area contributed by atoms with Gasteiger partial charge in [0.2, 0.25) is 12.3 Å². The maximum Gasteiger partial charge on any atom is 0.246 e. The molecule has 2 fully saturated rings. The van der Waals surface area contributed by atoms with Crippen LogP contribution in [0.3, 0.4) is 0 Å². The van der Waals surface area contributed by atoms with Crippen LogP contribution in [0, 0.1) is 23.5 Å². The van der Waals surface area contributed by atoms with Crippen molar-refractivity contribution < 1.29 is 27.8 Å². The number of methoxy groups -OCH3 is 1. The fraction of sp³-hybridized carbons (Fsp3) is 0.375. The third kappa shape index (κ3) is 4.94. The van der Waals surface area contributed by atoms with Crippen molar-refractivity contribution in [2.24, 2.45) is 11.8 Å². The van der Waals surface area contributed by atoms with E-state index in [4.69, 9.17) is 19.6 Å². The molecule has 1 N–H and O–H groups in total. The number of benzene rings is 1. The molecule has 10 nitrogen and oxygen atoms in total. The van der Waals surface area contributed by atoms with Crippen LogP contribution in [0.5, 0.6) is 5.75 Å². The largest absolute Gasteiger partial charge is 0.490 e. The summed E-state index contributed by atoms with van der Waals surface area (Å²) in [5, 5.41) is 10.6. The number of anilines is 1. The van der Waals surface area contributed by atoms with Crippen molar-refractivity contribution in [3.63, 3.8) is 0 Å². The fourth-order valence-electron chi connectivity index (χ4n) is 6.87. The maximum atomic E-state index is 16.0. The number of aromatic nitrogens is 3. The van der Waals surface area contributed by atoms with E-state index in [1.54, 1.807) is 4.90 Å². The quantitative estimate of drug-likeness (QED) is 0.157. The standard InChI is InChI=1S/C32H32F2N6O4S/c1-4-26(42)39-6-7-40-24(17(39)2)13-23(37-40)30-28(27-22(34)11-18(33)12-25(27)44-9-8-43-3)31-19(5-10-45-31)32(36-30)38-14-20-21(15-38)29(20)35-16-41/h4-5,10-13,16-17,20-21,29H,1,6-9,14-15H2,2-3H3,(H,35,41). The molecular formula is C32H32F2N6O4S. The SMILES string of the molecule is C=CC(=O)N1CCn2nc(-c3nc(N4CC5C(C4)C5NC=O)c4ccsc4c3-c3c(F)cc(F)cc3OCCOC)cc2C1C. The van der Waals surface area contributed by atoms with E-state index in [0.29, 0.717) is 41.9 Å². The topological polar surface area (TPSA) is 102 Å². The van der Waals surface area contributed by atoms with Crippen LogP contribution in [0.1, 0.15) is 18.7 Å². The number of nitrogens with zero attached hydrogens (tertiary/aromatic N) is 5. The zero-order valence-electron chi connectivity index (χ0n) is 24.8. The number of fused-ring (bicyclic) bond motifs is 3. The summed E-state index contributed by atoms with van der Waals surface area (Å²) < 4.78 is 44.2. The average Bonchev–Trinajstić information content (AvgIpc) is 3.51. The zero-order valence-corrected chi connectivity index (χ0v) is 25.7. The molecule has 2 aliphatic heterocycles. The van der Waals surface area contributed by atoms with Gasteiger partial charge in [-0.15, -0.1) is 11.3 Å². The minimum absolute atomic E-state index is 0.0420. The molecule has 45 heavy (non-hydrogen) atoms. The molecule has 5 heterocycles. The monoisotopic (exact) mass is 634 g/mol. The number of amides is 2. The predicted molar refractivity (Wildman–Crippen MR) is 166 cm³/mol. The summed E-state index contributed by atoms with van der Waals surface area (Å²) in [4.78, 5) is 32.7. The Hall–Kier alpha value is -4.36. The predicted octanol–water partition coefficient (Wildman–Crippen LogP) is 4.40. The van der Waals surface area contributed by atoms with Gasteiger partial charge >= 0.3 is 0 Å². The number of ether oxygens (including phenoxy) is 2. The van der Waals surface area contributed by atoms with Gasteiger partial charge < -0.3 is 24.6 Å². The van der Waals surface area contributed by atoms with Crippen molar-refractivity contribution in [2.75, 3.05) is 44.9 Å². The number of hydrogen-bond donors (Lipinski definition) is 1. The highest BCUT2D eigenvalue weighted by atomic mass is 32.1. The molecular weight excluding hydrogens is 602 g/mol. The molecule has 1 saturated heterocycles. The second-order valence-corrected chi connectivity index (χ2v) is 12.5. The lowest BCUT2D eigenvalue weighted by Gasteiger charge is -2.33. The molecule has 0 spiro atoms. The van der Waals surface area contributed by atoms with E-state index >= 15 is 4.39 Å². The molecule has 2 amide bonds. The van der Waals surface area contributed by atoms with E-state index in [9.17, 15) is 14.0 Å². The van der Waals surface area contributed by atoms with E-state index < -0.39 is 11.6 Å². The van der Waals surface area contributed by atoms with Gasteiger partial charge in [0.25, 0.3) is 0 Å². The number of piperidine rings is 1. The highest BCUT2D eigenvalue weighted by Crippen LogP contribution is 2.51. The lowest BCUT2D eigenvalue weighted by atomic mass is 9.98. The van der Waals surface area contributed by atoms with Gasteiger partial charge in [-0.05, 0) is 30.5 Å². The molecule has 1 aromatic carbocycles. The molecule has 234 valence electrons. The summed E-state index contributed by atoms with van der Waals surface area (Å²) in [5.41, 5.74) is 2.30. The molecule has 3 atom stereocenters. The maximum absolute atomic E-state index is 16.0. The van der Waals surface area contributed by atoms with E-state index in [1.807, 2.05) is 29.1 Å². The molecule has 1 saturated carbocycles. The van der Waals surface area contributed by atoms with Crippen molar-refractivity contribution in [2.45, 2.75) is 25.6 Å². The Morgan fingerprint density at radius 1 is 1.18 bits per heavy atom. The molecule has 1 aliphatic carbocycles. The average molecular weight is 635 g/mol. The van der Waals surface area contributed by atoms with Gasteiger partial charge in [-0.2, -0.15) is 5.10 Å². The van der Waals surface area contributed by atoms with Crippen molar-refractivity contribution >= 4 is 39.6 Å². The Balaban J connectivity index is 1.41. The normalized spacial score (nSPS) is 21.9. The van der Waals surface area contributed by atoms with Crippen LogP contribution in [0.15, 0.2) is 42.3 Å². The third-order valence-corrected chi connectivity index (χ3v) is 10.0. The number of carbonyl (C=O) groups excluding carboxylic acids is 2. The first-order valence-electron chi connectivity index (χ1n) is 14.8. The van der Waals surface area contributed by atoms with Crippen LogP contribution in [0.2, 0.25) is 0 Å². The number of carbonyl (C=O) groups is 2. The van der Waals surface area contributed by atoms with E-state index in [0.717, 1.165) is 47.2 Å². The Morgan fingerprint density at radius 3 is 2.71 bits per heavy atom. The highest BCUT2D eigenvalue weighted by molar-refractivity contribution is 7.18. The summed E-state index contributed by atoms with van der Waals surface area (Å²) in [6, 6.07) is 5.77. The molecule has 3 unspecified atom stereocenters. The summed E-state index contributed by atoms with van der Waals surface area (Å²) in [6.07, 6.45) is 2.06. The first-order chi connectivity index (χ1) is 21.8. The lowest BCUT2D eigenvalue weighted by Crippen LogP contribution is -2.40.